The number of esters is 1. The van der Waals surface area contributed by atoms with E-state index in [1.807, 2.05) is 0 Å². The van der Waals surface area contributed by atoms with Gasteiger partial charge in [0, 0.05) is 0 Å². The number of aromatic nitrogens is 1. The summed E-state index contributed by atoms with van der Waals surface area (Å²) < 4.78 is 5.21. The molecule has 1 aromatic heterocycles. The molecule has 7 heteroatoms. The number of rotatable bonds is 6. The number of hydrogen-bond acceptors (Lipinski definition) is 4. The van der Waals surface area contributed by atoms with Crippen molar-refractivity contribution in [3.63, 3.8) is 0 Å². The smallest absolute Gasteiger partial charge is 0.323 e. The molecule has 1 fully saturated rings. The predicted octanol–water partition coefficient (Wildman–Crippen LogP) is 4.15. The van der Waals surface area contributed by atoms with Crippen molar-refractivity contribution in [3.8, 4) is 0 Å². The Hall–Kier alpha value is -0.550. The van der Waals surface area contributed by atoms with E-state index in [9.17, 15) is 4.79 Å². The van der Waals surface area contributed by atoms with Crippen LogP contribution >= 0.6 is 35.6 Å². The van der Waals surface area contributed by atoms with E-state index in [1.54, 1.807) is 12.1 Å². The molecule has 22 heavy (non-hydrogen) atoms. The van der Waals surface area contributed by atoms with Gasteiger partial charge in [-0.15, -0.1) is 12.4 Å². The molecular formula is C15H21Cl3N2O2. The summed E-state index contributed by atoms with van der Waals surface area (Å²) in [5.74, 6) is 0.346. The lowest BCUT2D eigenvalue weighted by atomic mass is 9.99. The summed E-state index contributed by atoms with van der Waals surface area (Å²) in [5, 5.41) is 0.554. The van der Waals surface area contributed by atoms with Gasteiger partial charge >= 0.3 is 5.97 Å². The maximum atomic E-state index is 11.9. The number of pyridine rings is 1. The van der Waals surface area contributed by atoms with Crippen molar-refractivity contribution in [2.45, 2.75) is 51.2 Å². The lowest BCUT2D eigenvalue weighted by molar-refractivity contribution is -0.146. The molecule has 1 aliphatic rings. The molecule has 0 saturated heterocycles. The van der Waals surface area contributed by atoms with Crippen LogP contribution in [0.3, 0.4) is 0 Å². The Morgan fingerprint density at radius 3 is 2.50 bits per heavy atom. The first-order chi connectivity index (χ1) is 10.0. The summed E-state index contributed by atoms with van der Waals surface area (Å²) in [4.78, 5) is 15.7. The Kier molecular flexibility index (Phi) is 8.47. The predicted molar refractivity (Wildman–Crippen MR) is 90.5 cm³/mol. The minimum atomic E-state index is -0.557. The average Bonchev–Trinajstić information content (AvgIpc) is 2.94. The minimum Gasteiger partial charge on any atom is -0.460 e. The molecule has 0 aromatic carbocycles. The second kappa shape index (κ2) is 9.56. The summed E-state index contributed by atoms with van der Waals surface area (Å²) >= 11 is 11.6. The van der Waals surface area contributed by atoms with Crippen LogP contribution in [0.2, 0.25) is 10.3 Å². The topological polar surface area (TPSA) is 65.2 Å². The highest BCUT2D eigenvalue weighted by Crippen LogP contribution is 2.28. The summed E-state index contributed by atoms with van der Waals surface area (Å²) in [6.45, 7) is 0.109. The van der Waals surface area contributed by atoms with Crippen LogP contribution in [0.5, 0.6) is 0 Å². The van der Waals surface area contributed by atoms with Gasteiger partial charge in [0.15, 0.2) is 0 Å². The van der Waals surface area contributed by atoms with Crippen LogP contribution in [0.4, 0.5) is 0 Å². The van der Waals surface area contributed by atoms with E-state index in [2.05, 4.69) is 4.98 Å². The van der Waals surface area contributed by atoms with Gasteiger partial charge in [-0.2, -0.15) is 0 Å². The number of carbonyl (C=O) groups is 1. The van der Waals surface area contributed by atoms with Crippen LogP contribution in [0.15, 0.2) is 12.1 Å². The zero-order valence-electron chi connectivity index (χ0n) is 12.3. The van der Waals surface area contributed by atoms with Gasteiger partial charge in [0.25, 0.3) is 0 Å². The third kappa shape index (κ3) is 6.29. The second-order valence-electron chi connectivity index (χ2n) is 5.56. The fourth-order valence-electron chi connectivity index (χ4n) is 2.69. The monoisotopic (exact) mass is 366 g/mol. The molecule has 0 unspecified atom stereocenters. The van der Waals surface area contributed by atoms with Gasteiger partial charge < -0.3 is 10.5 Å². The van der Waals surface area contributed by atoms with Crippen molar-refractivity contribution in [1.29, 1.82) is 0 Å². The van der Waals surface area contributed by atoms with E-state index in [-0.39, 0.29) is 35.3 Å². The number of nitrogens with zero attached hydrogens (tertiary/aromatic N) is 1. The number of halogens is 3. The van der Waals surface area contributed by atoms with E-state index in [0.29, 0.717) is 12.0 Å². The van der Waals surface area contributed by atoms with Crippen LogP contribution in [-0.4, -0.2) is 17.0 Å². The Morgan fingerprint density at radius 1 is 1.32 bits per heavy atom. The Bertz CT molecular complexity index is 473. The molecule has 0 spiro atoms. The van der Waals surface area contributed by atoms with Gasteiger partial charge in [0.2, 0.25) is 0 Å². The standard InChI is InChI=1S/C15H20Cl2N2O2.ClH/c16-13-7-11(8-14(17)19-13)9-21-15(20)12(18)6-5-10-3-1-2-4-10;/h7-8,10,12H,1-6,9,18H2;1H/t12-;/m0./s1. The summed E-state index contributed by atoms with van der Waals surface area (Å²) in [6, 6.07) is 2.67. The van der Waals surface area contributed by atoms with E-state index in [4.69, 9.17) is 33.7 Å². The molecule has 0 bridgehead atoms. The van der Waals surface area contributed by atoms with Gasteiger partial charge in [-0.1, -0.05) is 48.9 Å². The summed E-state index contributed by atoms with van der Waals surface area (Å²) in [7, 11) is 0. The number of hydrogen-bond donors (Lipinski definition) is 1. The molecule has 0 amide bonds. The van der Waals surface area contributed by atoms with E-state index >= 15 is 0 Å². The van der Waals surface area contributed by atoms with Crippen LogP contribution in [0.1, 0.15) is 44.1 Å². The van der Waals surface area contributed by atoms with Crippen molar-refractivity contribution in [2.75, 3.05) is 0 Å². The lowest BCUT2D eigenvalue weighted by Gasteiger charge is -2.14. The fourth-order valence-corrected chi connectivity index (χ4v) is 3.20. The molecule has 2 N–H and O–H groups in total. The van der Waals surface area contributed by atoms with Gasteiger partial charge in [0.05, 0.1) is 0 Å². The van der Waals surface area contributed by atoms with E-state index in [0.717, 1.165) is 12.3 Å². The second-order valence-corrected chi connectivity index (χ2v) is 6.34. The Labute approximate surface area is 147 Å². The first kappa shape index (κ1) is 19.5. The van der Waals surface area contributed by atoms with Crippen LogP contribution in [0.25, 0.3) is 0 Å². The first-order valence-electron chi connectivity index (χ1n) is 7.29. The van der Waals surface area contributed by atoms with Crippen LogP contribution in [0, 0.1) is 5.92 Å². The first-order valence-corrected chi connectivity index (χ1v) is 8.04. The molecule has 1 saturated carbocycles. The summed E-state index contributed by atoms with van der Waals surface area (Å²) in [6.07, 6.45) is 6.80. The largest absolute Gasteiger partial charge is 0.460 e. The van der Waals surface area contributed by atoms with Crippen molar-refractivity contribution >= 4 is 41.6 Å². The van der Waals surface area contributed by atoms with Gasteiger partial charge in [-0.3, -0.25) is 4.79 Å². The van der Waals surface area contributed by atoms with Gasteiger partial charge in [-0.25, -0.2) is 4.98 Å². The van der Waals surface area contributed by atoms with E-state index < -0.39 is 6.04 Å². The molecule has 0 aliphatic heterocycles. The maximum Gasteiger partial charge on any atom is 0.323 e. The third-order valence-corrected chi connectivity index (χ3v) is 4.25. The molecule has 2 rings (SSSR count). The number of carbonyl (C=O) groups excluding carboxylic acids is 1. The minimum absolute atomic E-state index is 0. The molecule has 1 heterocycles. The highest BCUT2D eigenvalue weighted by Gasteiger charge is 2.20. The van der Waals surface area contributed by atoms with Crippen molar-refractivity contribution in [2.24, 2.45) is 11.7 Å². The van der Waals surface area contributed by atoms with Gasteiger partial charge in [-0.05, 0) is 36.5 Å². The maximum absolute atomic E-state index is 11.9. The van der Waals surface area contributed by atoms with Gasteiger partial charge in [0.1, 0.15) is 23.0 Å². The van der Waals surface area contributed by atoms with E-state index in [1.165, 1.54) is 25.7 Å². The van der Waals surface area contributed by atoms with Crippen LogP contribution in [-0.2, 0) is 16.1 Å². The quantitative estimate of drug-likeness (QED) is 0.606. The fraction of sp³-hybridized carbons (Fsp3) is 0.600. The third-order valence-electron chi connectivity index (χ3n) is 3.87. The zero-order chi connectivity index (χ0) is 15.2. The lowest BCUT2D eigenvalue weighted by Crippen LogP contribution is -2.32. The molecule has 4 nitrogen and oxygen atoms in total. The average molecular weight is 368 g/mol. The molecule has 124 valence electrons. The van der Waals surface area contributed by atoms with Crippen molar-refractivity contribution in [1.82, 2.24) is 4.98 Å². The molecule has 0 radical (unpaired) electrons. The van der Waals surface area contributed by atoms with Crippen LogP contribution < -0.4 is 5.73 Å². The van der Waals surface area contributed by atoms with Crippen molar-refractivity contribution in [3.05, 3.63) is 28.0 Å². The normalized spacial score (nSPS) is 16.1. The van der Waals surface area contributed by atoms with Crippen molar-refractivity contribution < 1.29 is 9.53 Å². The molecular weight excluding hydrogens is 347 g/mol. The SMILES string of the molecule is Cl.N[C@@H](CCC1CCCC1)C(=O)OCc1cc(Cl)nc(Cl)c1. The molecule has 1 atom stereocenters. The Morgan fingerprint density at radius 2 is 1.91 bits per heavy atom. The molecule has 1 aliphatic carbocycles. The molecule has 1 aromatic rings. The Balaban J connectivity index is 0.00000242. The summed E-state index contributed by atoms with van der Waals surface area (Å²) in [5.41, 5.74) is 6.59. The zero-order valence-corrected chi connectivity index (χ0v) is 14.6. The number of ether oxygens (including phenoxy) is 1. The number of nitrogens with two attached hydrogens (primary N) is 1. The highest BCUT2D eigenvalue weighted by molar-refractivity contribution is 6.32. The highest BCUT2D eigenvalue weighted by atomic mass is 35.5.